The predicted molar refractivity (Wildman–Crippen MR) is 126 cm³/mol. The molecule has 1 aliphatic heterocycles. The molecule has 29 heavy (non-hydrogen) atoms. The minimum Gasteiger partial charge on any atom is -0.354 e. The SMILES string of the molecule is CCC1C(C)N(c2ccccc2Nc2ccccc2)c2ccccc2C1(C)CC. The second-order valence-electron chi connectivity index (χ2n) is 8.42. The molecule has 2 heteroatoms. The van der Waals surface area contributed by atoms with Gasteiger partial charge in [-0.3, -0.25) is 0 Å². The summed E-state index contributed by atoms with van der Waals surface area (Å²) in [6, 6.07) is 28.6. The Hall–Kier alpha value is -2.74. The number of nitrogens with one attached hydrogen (secondary N) is 1. The second-order valence-corrected chi connectivity index (χ2v) is 8.42. The van der Waals surface area contributed by atoms with E-state index in [2.05, 4.69) is 117 Å². The smallest absolute Gasteiger partial charge is 0.0652 e. The maximum absolute atomic E-state index is 3.65. The Balaban J connectivity index is 1.86. The molecule has 0 aliphatic carbocycles. The molecule has 3 unspecified atom stereocenters. The highest BCUT2D eigenvalue weighted by molar-refractivity contribution is 5.82. The second kappa shape index (κ2) is 7.94. The number of rotatable bonds is 5. The fraction of sp³-hybridized carbons (Fsp3) is 0.333. The van der Waals surface area contributed by atoms with Gasteiger partial charge in [-0.25, -0.2) is 0 Å². The Morgan fingerprint density at radius 1 is 0.828 bits per heavy atom. The van der Waals surface area contributed by atoms with Gasteiger partial charge in [-0.2, -0.15) is 0 Å². The first-order valence-electron chi connectivity index (χ1n) is 10.9. The summed E-state index contributed by atoms with van der Waals surface area (Å²) < 4.78 is 0. The van der Waals surface area contributed by atoms with Gasteiger partial charge in [-0.05, 0) is 60.6 Å². The molecule has 0 fully saturated rings. The summed E-state index contributed by atoms with van der Waals surface area (Å²) >= 11 is 0. The zero-order valence-electron chi connectivity index (χ0n) is 18.0. The highest BCUT2D eigenvalue weighted by Gasteiger charge is 2.45. The molecule has 0 radical (unpaired) electrons. The zero-order valence-corrected chi connectivity index (χ0v) is 18.0. The number of nitrogens with zero attached hydrogens (tertiary/aromatic N) is 1. The van der Waals surface area contributed by atoms with E-state index in [0.717, 1.165) is 17.8 Å². The molecule has 0 saturated carbocycles. The number of benzene rings is 3. The van der Waals surface area contributed by atoms with Gasteiger partial charge in [-0.15, -0.1) is 0 Å². The van der Waals surface area contributed by atoms with Gasteiger partial charge in [0.2, 0.25) is 0 Å². The van der Waals surface area contributed by atoms with Crippen molar-refractivity contribution < 1.29 is 0 Å². The number of hydrogen-bond donors (Lipinski definition) is 1. The summed E-state index contributed by atoms with van der Waals surface area (Å²) in [5, 5.41) is 3.65. The standard InChI is InChI=1S/C27H32N2/c1-5-22-20(3)29(25-18-12-10-16-23(25)27(22,4)6-2)26-19-13-11-17-24(26)28-21-14-8-7-9-15-21/h7-20,22,28H,5-6H2,1-4H3. The maximum atomic E-state index is 3.65. The van der Waals surface area contributed by atoms with Crippen molar-refractivity contribution in [3.63, 3.8) is 0 Å². The van der Waals surface area contributed by atoms with Gasteiger partial charge < -0.3 is 10.2 Å². The number of hydrogen-bond acceptors (Lipinski definition) is 2. The normalized spacial score (nSPS) is 23.5. The van der Waals surface area contributed by atoms with Gasteiger partial charge in [0.25, 0.3) is 0 Å². The van der Waals surface area contributed by atoms with Gasteiger partial charge in [0, 0.05) is 17.4 Å². The molecule has 4 rings (SSSR count). The monoisotopic (exact) mass is 384 g/mol. The molecule has 0 spiro atoms. The van der Waals surface area contributed by atoms with E-state index >= 15 is 0 Å². The van der Waals surface area contributed by atoms with E-state index in [4.69, 9.17) is 0 Å². The zero-order chi connectivity index (χ0) is 20.4. The Labute approximate surface area is 175 Å². The van der Waals surface area contributed by atoms with Crippen LogP contribution in [0, 0.1) is 5.92 Å². The van der Waals surface area contributed by atoms with Crippen LogP contribution in [0.15, 0.2) is 78.9 Å². The van der Waals surface area contributed by atoms with Crippen LogP contribution in [0.1, 0.15) is 46.1 Å². The van der Waals surface area contributed by atoms with Crippen LogP contribution < -0.4 is 10.2 Å². The van der Waals surface area contributed by atoms with Crippen LogP contribution in [0.2, 0.25) is 0 Å². The van der Waals surface area contributed by atoms with Crippen LogP contribution in [0.5, 0.6) is 0 Å². The molecule has 3 aromatic carbocycles. The number of fused-ring (bicyclic) bond motifs is 1. The van der Waals surface area contributed by atoms with Gasteiger partial charge in [-0.1, -0.05) is 75.7 Å². The topological polar surface area (TPSA) is 15.3 Å². The fourth-order valence-corrected chi connectivity index (χ4v) is 5.36. The lowest BCUT2D eigenvalue weighted by molar-refractivity contribution is 0.224. The maximum Gasteiger partial charge on any atom is 0.0652 e. The molecule has 0 saturated heterocycles. The average Bonchev–Trinajstić information content (AvgIpc) is 2.76. The fourth-order valence-electron chi connectivity index (χ4n) is 5.36. The van der Waals surface area contributed by atoms with Gasteiger partial charge >= 0.3 is 0 Å². The van der Waals surface area contributed by atoms with Crippen molar-refractivity contribution >= 4 is 22.7 Å². The molecule has 0 aromatic heterocycles. The molecule has 3 aromatic rings. The molecule has 0 bridgehead atoms. The molecule has 0 amide bonds. The lowest BCUT2D eigenvalue weighted by Crippen LogP contribution is -2.50. The summed E-state index contributed by atoms with van der Waals surface area (Å²) in [5.41, 5.74) is 6.52. The van der Waals surface area contributed by atoms with Crippen molar-refractivity contribution in [2.24, 2.45) is 5.92 Å². The van der Waals surface area contributed by atoms with E-state index in [1.807, 2.05) is 0 Å². The Morgan fingerprint density at radius 3 is 2.14 bits per heavy atom. The third-order valence-electron chi connectivity index (χ3n) is 6.98. The lowest BCUT2D eigenvalue weighted by Gasteiger charge is -2.52. The first kappa shape index (κ1) is 19.6. The molecule has 1 aliphatic rings. The molecule has 1 N–H and O–H groups in total. The van der Waals surface area contributed by atoms with Crippen LogP contribution >= 0.6 is 0 Å². The van der Waals surface area contributed by atoms with Gasteiger partial charge in [0.15, 0.2) is 0 Å². The first-order valence-corrected chi connectivity index (χ1v) is 10.9. The Morgan fingerprint density at radius 2 is 1.45 bits per heavy atom. The molecule has 1 heterocycles. The van der Waals surface area contributed by atoms with Crippen molar-refractivity contribution in [2.45, 2.75) is 52.0 Å². The van der Waals surface area contributed by atoms with Crippen LogP contribution in [0.4, 0.5) is 22.7 Å². The summed E-state index contributed by atoms with van der Waals surface area (Å²) in [7, 11) is 0. The van der Waals surface area contributed by atoms with Crippen LogP contribution in [0.3, 0.4) is 0 Å². The van der Waals surface area contributed by atoms with Crippen molar-refractivity contribution in [2.75, 3.05) is 10.2 Å². The van der Waals surface area contributed by atoms with E-state index in [-0.39, 0.29) is 5.41 Å². The molecular weight excluding hydrogens is 352 g/mol. The molecule has 3 atom stereocenters. The van der Waals surface area contributed by atoms with E-state index < -0.39 is 0 Å². The van der Waals surface area contributed by atoms with E-state index in [1.165, 1.54) is 23.4 Å². The quantitative estimate of drug-likeness (QED) is 0.485. The molecule has 2 nitrogen and oxygen atoms in total. The largest absolute Gasteiger partial charge is 0.354 e. The summed E-state index contributed by atoms with van der Waals surface area (Å²) in [6.45, 7) is 9.54. The molecular formula is C27H32N2. The third-order valence-corrected chi connectivity index (χ3v) is 6.98. The van der Waals surface area contributed by atoms with Crippen LogP contribution in [-0.2, 0) is 5.41 Å². The minimum absolute atomic E-state index is 0.197. The minimum atomic E-state index is 0.197. The van der Waals surface area contributed by atoms with Crippen molar-refractivity contribution in [3.05, 3.63) is 84.4 Å². The predicted octanol–water partition coefficient (Wildman–Crippen LogP) is 7.66. The van der Waals surface area contributed by atoms with E-state index in [9.17, 15) is 0 Å². The van der Waals surface area contributed by atoms with Gasteiger partial charge in [0.05, 0.1) is 11.4 Å². The summed E-state index contributed by atoms with van der Waals surface area (Å²) in [6.07, 6.45) is 2.33. The average molecular weight is 385 g/mol. The number of anilines is 4. The highest BCUT2D eigenvalue weighted by atomic mass is 15.2. The Kier molecular flexibility index (Phi) is 5.36. The number of para-hydroxylation sites is 4. The Bertz CT molecular complexity index is 965. The highest BCUT2D eigenvalue weighted by Crippen LogP contribution is 2.52. The summed E-state index contributed by atoms with van der Waals surface area (Å²) in [4.78, 5) is 2.56. The van der Waals surface area contributed by atoms with Crippen molar-refractivity contribution in [1.82, 2.24) is 0 Å². The third kappa shape index (κ3) is 3.31. The van der Waals surface area contributed by atoms with Crippen LogP contribution in [0.25, 0.3) is 0 Å². The lowest BCUT2D eigenvalue weighted by atomic mass is 9.63. The van der Waals surface area contributed by atoms with Crippen molar-refractivity contribution in [3.8, 4) is 0 Å². The molecule has 150 valence electrons. The van der Waals surface area contributed by atoms with Crippen molar-refractivity contribution in [1.29, 1.82) is 0 Å². The van der Waals surface area contributed by atoms with Gasteiger partial charge in [0.1, 0.15) is 0 Å². The van der Waals surface area contributed by atoms with Crippen LogP contribution in [-0.4, -0.2) is 6.04 Å². The van der Waals surface area contributed by atoms with E-state index in [0.29, 0.717) is 12.0 Å². The van der Waals surface area contributed by atoms with E-state index in [1.54, 1.807) is 0 Å². The first-order chi connectivity index (χ1) is 14.1. The summed E-state index contributed by atoms with van der Waals surface area (Å²) in [5.74, 6) is 0.590.